The molecule has 1 aliphatic carbocycles. The first-order chi connectivity index (χ1) is 9.47. The molecule has 0 atom stereocenters. The van der Waals surface area contributed by atoms with Crippen LogP contribution in [-0.4, -0.2) is 36.6 Å². The maximum Gasteiger partial charge on any atom is 0.332 e. The van der Waals surface area contributed by atoms with E-state index in [1.165, 1.54) is 24.5 Å². The Bertz CT molecular complexity index is 783. The zero-order valence-electron chi connectivity index (χ0n) is 11.7. The minimum Gasteiger partial charge on any atom is -0.354 e. The van der Waals surface area contributed by atoms with Crippen molar-refractivity contribution in [3.05, 3.63) is 20.8 Å². The number of nitrogens with zero attached hydrogens (tertiary/aromatic N) is 3. The summed E-state index contributed by atoms with van der Waals surface area (Å²) in [6.45, 7) is 0.808. The van der Waals surface area contributed by atoms with E-state index >= 15 is 0 Å². The number of aryl methyl sites for hydroxylation is 1. The fourth-order valence-corrected chi connectivity index (χ4v) is 2.97. The van der Waals surface area contributed by atoms with E-state index in [1.807, 2.05) is 11.8 Å². The fourth-order valence-electron chi connectivity index (χ4n) is 2.25. The van der Waals surface area contributed by atoms with Crippen LogP contribution in [0.5, 0.6) is 0 Å². The van der Waals surface area contributed by atoms with Gasteiger partial charge in [0.1, 0.15) is 0 Å². The van der Waals surface area contributed by atoms with Gasteiger partial charge in [-0.2, -0.15) is 16.7 Å². The van der Waals surface area contributed by atoms with Crippen molar-refractivity contribution in [2.75, 3.05) is 18.1 Å². The van der Waals surface area contributed by atoms with Gasteiger partial charge in [0.15, 0.2) is 11.2 Å². The zero-order valence-corrected chi connectivity index (χ0v) is 12.5. The summed E-state index contributed by atoms with van der Waals surface area (Å²) >= 11 is 1.85. The lowest BCUT2D eigenvalue weighted by Gasteiger charge is -2.11. The SMILES string of the molecule is CSC1(CNc2nc3c([nH]2)c(=O)n(C)c(=O)n3C)CC1. The molecule has 0 aliphatic heterocycles. The Morgan fingerprint density at radius 3 is 2.65 bits per heavy atom. The third-order valence-electron chi connectivity index (χ3n) is 3.91. The van der Waals surface area contributed by atoms with E-state index in [2.05, 4.69) is 21.5 Å². The highest BCUT2D eigenvalue weighted by atomic mass is 32.2. The van der Waals surface area contributed by atoms with Gasteiger partial charge in [-0.1, -0.05) is 0 Å². The summed E-state index contributed by atoms with van der Waals surface area (Å²) in [5.41, 5.74) is 0.0127. The largest absolute Gasteiger partial charge is 0.354 e. The fraction of sp³-hybridized carbons (Fsp3) is 0.583. The minimum atomic E-state index is -0.372. The molecule has 1 saturated carbocycles. The van der Waals surface area contributed by atoms with E-state index < -0.39 is 0 Å². The summed E-state index contributed by atoms with van der Waals surface area (Å²) in [7, 11) is 3.07. The molecule has 2 N–H and O–H groups in total. The van der Waals surface area contributed by atoms with E-state index in [4.69, 9.17) is 0 Å². The lowest BCUT2D eigenvalue weighted by atomic mass is 10.4. The molecule has 2 heterocycles. The van der Waals surface area contributed by atoms with Gasteiger partial charge in [-0.3, -0.25) is 13.9 Å². The molecule has 20 heavy (non-hydrogen) atoms. The number of nitrogens with one attached hydrogen (secondary N) is 2. The maximum absolute atomic E-state index is 12.0. The molecule has 8 heteroatoms. The molecule has 0 bridgehead atoms. The number of anilines is 1. The number of hydrogen-bond acceptors (Lipinski definition) is 5. The van der Waals surface area contributed by atoms with Crippen LogP contribution in [0.15, 0.2) is 9.59 Å². The van der Waals surface area contributed by atoms with E-state index in [-0.39, 0.29) is 11.2 Å². The van der Waals surface area contributed by atoms with Crippen LogP contribution >= 0.6 is 11.8 Å². The molecule has 7 nitrogen and oxygen atoms in total. The highest BCUT2D eigenvalue weighted by Crippen LogP contribution is 2.46. The van der Waals surface area contributed by atoms with E-state index in [1.54, 1.807) is 7.05 Å². The first-order valence-electron chi connectivity index (χ1n) is 6.42. The van der Waals surface area contributed by atoms with Crippen LogP contribution in [0.25, 0.3) is 11.2 Å². The monoisotopic (exact) mass is 295 g/mol. The number of aromatic amines is 1. The van der Waals surface area contributed by atoms with Crippen LogP contribution in [0, 0.1) is 0 Å². The van der Waals surface area contributed by atoms with Crippen LogP contribution in [0.3, 0.4) is 0 Å². The Hall–Kier alpha value is -1.70. The van der Waals surface area contributed by atoms with E-state index in [0.717, 1.165) is 11.1 Å². The summed E-state index contributed by atoms with van der Waals surface area (Å²) < 4.78 is 2.75. The maximum atomic E-state index is 12.0. The average molecular weight is 295 g/mol. The van der Waals surface area contributed by atoms with Gasteiger partial charge in [0.25, 0.3) is 5.56 Å². The Kier molecular flexibility index (Phi) is 2.93. The van der Waals surface area contributed by atoms with Crippen molar-refractivity contribution in [2.24, 2.45) is 14.1 Å². The lowest BCUT2D eigenvalue weighted by Crippen LogP contribution is -2.36. The van der Waals surface area contributed by atoms with E-state index in [9.17, 15) is 9.59 Å². The Labute approximate surface area is 119 Å². The van der Waals surface area contributed by atoms with Crippen molar-refractivity contribution in [1.82, 2.24) is 19.1 Å². The molecule has 3 rings (SSSR count). The third kappa shape index (κ3) is 1.94. The van der Waals surface area contributed by atoms with Gasteiger partial charge >= 0.3 is 5.69 Å². The normalized spacial score (nSPS) is 16.6. The van der Waals surface area contributed by atoms with Gasteiger partial charge in [-0.15, -0.1) is 0 Å². The van der Waals surface area contributed by atoms with Gasteiger partial charge < -0.3 is 10.3 Å². The molecule has 0 spiro atoms. The smallest absolute Gasteiger partial charge is 0.332 e. The average Bonchev–Trinajstić information content (AvgIpc) is 3.12. The first kappa shape index (κ1) is 13.3. The van der Waals surface area contributed by atoms with Crippen LogP contribution in [0.2, 0.25) is 0 Å². The second kappa shape index (κ2) is 4.41. The molecule has 2 aromatic rings. The van der Waals surface area contributed by atoms with Crippen LogP contribution in [-0.2, 0) is 14.1 Å². The highest BCUT2D eigenvalue weighted by Gasteiger charge is 2.41. The molecule has 0 amide bonds. The van der Waals surface area contributed by atoms with Gasteiger partial charge in [0.2, 0.25) is 5.95 Å². The lowest BCUT2D eigenvalue weighted by molar-refractivity contribution is 0.709. The molecule has 1 aliphatic rings. The number of imidazole rings is 1. The van der Waals surface area contributed by atoms with Crippen molar-refractivity contribution in [2.45, 2.75) is 17.6 Å². The number of thioether (sulfide) groups is 1. The van der Waals surface area contributed by atoms with Crippen molar-refractivity contribution in [3.63, 3.8) is 0 Å². The molecule has 108 valence electrons. The zero-order chi connectivity index (χ0) is 14.5. The topological polar surface area (TPSA) is 84.7 Å². The van der Waals surface area contributed by atoms with Crippen molar-refractivity contribution in [3.8, 4) is 0 Å². The van der Waals surface area contributed by atoms with Gasteiger partial charge in [0, 0.05) is 25.4 Å². The van der Waals surface area contributed by atoms with Crippen LogP contribution < -0.4 is 16.6 Å². The molecular formula is C12H17N5O2S. The number of fused-ring (bicyclic) bond motifs is 1. The molecule has 0 unspecified atom stereocenters. The highest BCUT2D eigenvalue weighted by molar-refractivity contribution is 8.00. The van der Waals surface area contributed by atoms with Crippen molar-refractivity contribution < 1.29 is 0 Å². The number of aromatic nitrogens is 4. The van der Waals surface area contributed by atoms with Gasteiger partial charge in [0.05, 0.1) is 0 Å². The molecule has 2 aromatic heterocycles. The Morgan fingerprint density at radius 2 is 2.05 bits per heavy atom. The summed E-state index contributed by atoms with van der Waals surface area (Å²) in [4.78, 5) is 31.2. The number of hydrogen-bond donors (Lipinski definition) is 2. The Morgan fingerprint density at radius 1 is 1.35 bits per heavy atom. The summed E-state index contributed by atoms with van der Waals surface area (Å²) in [5, 5.41) is 3.23. The molecule has 1 fully saturated rings. The van der Waals surface area contributed by atoms with Crippen molar-refractivity contribution >= 4 is 28.9 Å². The number of rotatable bonds is 4. The van der Waals surface area contributed by atoms with Crippen LogP contribution in [0.1, 0.15) is 12.8 Å². The molecule has 0 saturated heterocycles. The van der Waals surface area contributed by atoms with Gasteiger partial charge in [-0.25, -0.2) is 4.79 Å². The minimum absolute atomic E-state index is 0.301. The second-order valence-corrected chi connectivity index (χ2v) is 6.50. The summed E-state index contributed by atoms with van der Waals surface area (Å²) in [6.07, 6.45) is 4.50. The Balaban J connectivity index is 1.99. The standard InChI is InChI=1S/C12H17N5O2S/c1-16-8-7(9(18)17(2)11(16)19)14-10(15-8)13-6-12(20-3)4-5-12/h4-6H2,1-3H3,(H2,13,14,15). The molecule has 0 radical (unpaired) electrons. The molecule has 0 aromatic carbocycles. The predicted molar refractivity (Wildman–Crippen MR) is 80.5 cm³/mol. The summed E-state index contributed by atoms with van der Waals surface area (Å²) in [6, 6.07) is 0. The quantitative estimate of drug-likeness (QED) is 0.845. The molecular weight excluding hydrogens is 278 g/mol. The summed E-state index contributed by atoms with van der Waals surface area (Å²) in [5.74, 6) is 0.540. The third-order valence-corrected chi connectivity index (χ3v) is 5.33. The second-order valence-electron chi connectivity index (χ2n) is 5.23. The predicted octanol–water partition coefficient (Wildman–Crippen LogP) is 0.268. The number of H-pyrrole nitrogens is 1. The van der Waals surface area contributed by atoms with Crippen molar-refractivity contribution in [1.29, 1.82) is 0 Å². The van der Waals surface area contributed by atoms with Crippen LogP contribution in [0.4, 0.5) is 5.95 Å². The van der Waals surface area contributed by atoms with E-state index in [0.29, 0.717) is 21.9 Å². The van der Waals surface area contributed by atoms with Gasteiger partial charge in [-0.05, 0) is 19.1 Å². The first-order valence-corrected chi connectivity index (χ1v) is 7.65.